The van der Waals surface area contributed by atoms with Crippen LogP contribution in [0.15, 0.2) is 23.1 Å². The van der Waals surface area contributed by atoms with Crippen LogP contribution in [-0.2, 0) is 0 Å². The van der Waals surface area contributed by atoms with Crippen LogP contribution in [0.3, 0.4) is 0 Å². The summed E-state index contributed by atoms with van der Waals surface area (Å²) in [5, 5.41) is 3.95. The summed E-state index contributed by atoms with van der Waals surface area (Å²) >= 11 is 3.52. The number of hydrogen-bond donors (Lipinski definition) is 2. The summed E-state index contributed by atoms with van der Waals surface area (Å²) in [6, 6.07) is 2.91. The minimum atomic E-state index is -0.193. The lowest BCUT2D eigenvalue weighted by Gasteiger charge is -2.17. The van der Waals surface area contributed by atoms with Crippen molar-refractivity contribution in [1.29, 1.82) is 0 Å². The molecule has 0 aliphatic heterocycles. The highest BCUT2D eigenvalue weighted by Gasteiger charge is 2.26. The maximum atomic E-state index is 11.9. The fourth-order valence-electron chi connectivity index (χ4n) is 2.46. The molecule has 2 rings (SSSR count). The van der Waals surface area contributed by atoms with E-state index in [1.54, 1.807) is 6.07 Å². The Bertz CT molecular complexity index is 452. The van der Waals surface area contributed by atoms with Gasteiger partial charge in [0.25, 0.3) is 5.91 Å². The van der Waals surface area contributed by atoms with Crippen LogP contribution in [0, 0.1) is 11.8 Å². The Morgan fingerprint density at radius 1 is 1.39 bits per heavy atom. The smallest absolute Gasteiger partial charge is 0.252 e. The van der Waals surface area contributed by atoms with Gasteiger partial charge in [0.2, 0.25) is 5.56 Å². The number of amides is 1. The summed E-state index contributed by atoms with van der Waals surface area (Å²) < 4.78 is 0. The van der Waals surface area contributed by atoms with Crippen molar-refractivity contribution in [3.05, 3.63) is 34.2 Å². The molecule has 0 aromatic carbocycles. The van der Waals surface area contributed by atoms with E-state index in [2.05, 4.69) is 26.2 Å². The third-order valence-electron chi connectivity index (χ3n) is 3.59. The van der Waals surface area contributed by atoms with Crippen molar-refractivity contribution < 1.29 is 4.79 Å². The zero-order valence-corrected chi connectivity index (χ0v) is 11.7. The van der Waals surface area contributed by atoms with Crippen LogP contribution < -0.4 is 10.9 Å². The molecule has 1 saturated carbocycles. The average Bonchev–Trinajstić information content (AvgIpc) is 2.84. The third-order valence-corrected chi connectivity index (χ3v) is 4.42. The van der Waals surface area contributed by atoms with E-state index >= 15 is 0 Å². The Hall–Kier alpha value is -1.10. The van der Waals surface area contributed by atoms with Crippen molar-refractivity contribution in [3.8, 4) is 0 Å². The van der Waals surface area contributed by atoms with Crippen LogP contribution in [0.1, 0.15) is 29.6 Å². The Kier molecular flexibility index (Phi) is 4.58. The lowest BCUT2D eigenvalue weighted by molar-refractivity contribution is 0.0944. The summed E-state index contributed by atoms with van der Waals surface area (Å²) in [6.45, 7) is 0.716. The van der Waals surface area contributed by atoms with Crippen molar-refractivity contribution in [3.63, 3.8) is 0 Å². The highest BCUT2D eigenvalue weighted by atomic mass is 79.9. The van der Waals surface area contributed by atoms with E-state index in [4.69, 9.17) is 0 Å². The number of aromatic nitrogens is 1. The second-order valence-electron chi connectivity index (χ2n) is 4.76. The van der Waals surface area contributed by atoms with E-state index in [0.29, 0.717) is 23.9 Å². The molecule has 1 aromatic heterocycles. The summed E-state index contributed by atoms with van der Waals surface area (Å²) in [7, 11) is 0. The van der Waals surface area contributed by atoms with Crippen molar-refractivity contribution in [2.24, 2.45) is 11.8 Å². The summed E-state index contributed by atoms with van der Waals surface area (Å²) in [4.78, 5) is 25.3. The van der Waals surface area contributed by atoms with E-state index in [0.717, 1.165) is 5.33 Å². The summed E-state index contributed by atoms with van der Waals surface area (Å²) in [5.74, 6) is 1.11. The SMILES string of the molecule is O=C(NCC1CCCC1CBr)c1ccc(=O)[nH]c1. The van der Waals surface area contributed by atoms with Crippen molar-refractivity contribution in [2.45, 2.75) is 19.3 Å². The second-order valence-corrected chi connectivity index (χ2v) is 5.40. The normalized spacial score (nSPS) is 22.9. The lowest BCUT2D eigenvalue weighted by atomic mass is 9.98. The second kappa shape index (κ2) is 6.18. The topological polar surface area (TPSA) is 62.0 Å². The Balaban J connectivity index is 1.88. The van der Waals surface area contributed by atoms with E-state index in [-0.39, 0.29) is 11.5 Å². The molecule has 2 atom stereocenters. The van der Waals surface area contributed by atoms with Gasteiger partial charge in [0.15, 0.2) is 0 Å². The molecule has 1 fully saturated rings. The molecule has 98 valence electrons. The number of nitrogens with one attached hydrogen (secondary N) is 2. The van der Waals surface area contributed by atoms with Crippen LogP contribution >= 0.6 is 15.9 Å². The number of rotatable bonds is 4. The van der Waals surface area contributed by atoms with Crippen molar-refractivity contribution in [1.82, 2.24) is 10.3 Å². The fraction of sp³-hybridized carbons (Fsp3) is 0.538. The molecular weight excluding hydrogens is 296 g/mol. The van der Waals surface area contributed by atoms with Gasteiger partial charge in [0.05, 0.1) is 5.56 Å². The molecule has 1 aliphatic carbocycles. The van der Waals surface area contributed by atoms with Gasteiger partial charge in [0.1, 0.15) is 0 Å². The zero-order valence-electron chi connectivity index (χ0n) is 10.1. The first kappa shape index (κ1) is 13.3. The highest BCUT2D eigenvalue weighted by Crippen LogP contribution is 2.32. The molecule has 1 heterocycles. The number of alkyl halides is 1. The zero-order chi connectivity index (χ0) is 13.0. The number of H-pyrrole nitrogens is 1. The Morgan fingerprint density at radius 3 is 2.83 bits per heavy atom. The van der Waals surface area contributed by atoms with Gasteiger partial charge in [-0.05, 0) is 30.7 Å². The molecule has 1 aliphatic rings. The molecule has 4 nitrogen and oxygen atoms in total. The van der Waals surface area contributed by atoms with Crippen LogP contribution in [0.25, 0.3) is 0 Å². The van der Waals surface area contributed by atoms with Gasteiger partial charge in [-0.1, -0.05) is 22.4 Å². The van der Waals surface area contributed by atoms with Crippen molar-refractivity contribution >= 4 is 21.8 Å². The molecule has 1 amide bonds. The highest BCUT2D eigenvalue weighted by molar-refractivity contribution is 9.09. The Labute approximate surface area is 114 Å². The van der Waals surface area contributed by atoms with Gasteiger partial charge >= 0.3 is 0 Å². The first-order valence-electron chi connectivity index (χ1n) is 6.23. The molecule has 0 bridgehead atoms. The maximum absolute atomic E-state index is 11.9. The molecule has 2 N–H and O–H groups in total. The lowest BCUT2D eigenvalue weighted by Crippen LogP contribution is -2.31. The van der Waals surface area contributed by atoms with Crippen molar-refractivity contribution in [2.75, 3.05) is 11.9 Å². The van der Waals surface area contributed by atoms with Crippen LogP contribution in [0.5, 0.6) is 0 Å². The largest absolute Gasteiger partial charge is 0.352 e. The number of aromatic amines is 1. The minimum Gasteiger partial charge on any atom is -0.352 e. The molecule has 0 saturated heterocycles. The van der Waals surface area contributed by atoms with Gasteiger partial charge in [-0.3, -0.25) is 9.59 Å². The molecule has 1 aromatic rings. The molecule has 2 unspecified atom stereocenters. The third kappa shape index (κ3) is 3.22. The minimum absolute atomic E-state index is 0.119. The van der Waals surface area contributed by atoms with Crippen LogP contribution in [0.4, 0.5) is 0 Å². The fourth-order valence-corrected chi connectivity index (χ4v) is 3.32. The predicted octanol–water partition coefficient (Wildman–Crippen LogP) is 1.92. The average molecular weight is 313 g/mol. The molecule has 0 spiro atoms. The van der Waals surface area contributed by atoms with E-state index in [1.807, 2.05) is 0 Å². The van der Waals surface area contributed by atoms with Gasteiger partial charge in [-0.15, -0.1) is 0 Å². The quantitative estimate of drug-likeness (QED) is 0.834. The summed E-state index contributed by atoms with van der Waals surface area (Å²) in [6.07, 6.45) is 5.12. The monoisotopic (exact) mass is 312 g/mol. The molecular formula is C13H17BrN2O2. The van der Waals surface area contributed by atoms with Gasteiger partial charge in [-0.2, -0.15) is 0 Å². The number of carbonyl (C=O) groups excluding carboxylic acids is 1. The number of carbonyl (C=O) groups is 1. The van der Waals surface area contributed by atoms with E-state index in [9.17, 15) is 9.59 Å². The molecule has 0 radical (unpaired) electrons. The number of halogens is 1. The van der Waals surface area contributed by atoms with Gasteiger partial charge in [-0.25, -0.2) is 0 Å². The van der Waals surface area contributed by atoms with E-state index in [1.165, 1.54) is 31.5 Å². The first-order valence-corrected chi connectivity index (χ1v) is 7.35. The first-order chi connectivity index (χ1) is 8.70. The standard InChI is InChI=1S/C13H17BrN2O2/c14-6-9-2-1-3-10(9)7-16-13(18)11-4-5-12(17)15-8-11/h4-5,8-10H,1-3,6-7H2,(H,15,17)(H,16,18). The Morgan fingerprint density at radius 2 is 2.17 bits per heavy atom. The molecule has 18 heavy (non-hydrogen) atoms. The van der Waals surface area contributed by atoms with Crippen LogP contribution in [0.2, 0.25) is 0 Å². The van der Waals surface area contributed by atoms with Gasteiger partial charge in [0, 0.05) is 24.1 Å². The maximum Gasteiger partial charge on any atom is 0.252 e. The predicted molar refractivity (Wildman–Crippen MR) is 74.0 cm³/mol. The summed E-state index contributed by atoms with van der Waals surface area (Å²) in [5.41, 5.74) is 0.310. The van der Waals surface area contributed by atoms with Crippen LogP contribution in [-0.4, -0.2) is 22.8 Å². The number of hydrogen-bond acceptors (Lipinski definition) is 2. The van der Waals surface area contributed by atoms with Gasteiger partial charge < -0.3 is 10.3 Å². The molecule has 5 heteroatoms. The van der Waals surface area contributed by atoms with E-state index < -0.39 is 0 Å². The number of pyridine rings is 1.